The standard InChI is InChI=1S/C13H15ClN4O2S/c1-17-13(20)18-6-4-8(2-3-10(18)16-17)15-12(19)11-9(14)5-7-21-11/h5,7-8H,2-4,6H2,1H3,(H,15,19). The zero-order valence-corrected chi connectivity index (χ0v) is 13.1. The number of nitrogens with zero attached hydrogens (tertiary/aromatic N) is 3. The summed E-state index contributed by atoms with van der Waals surface area (Å²) >= 11 is 7.30. The van der Waals surface area contributed by atoms with Gasteiger partial charge in [0.1, 0.15) is 10.7 Å². The van der Waals surface area contributed by atoms with Crippen molar-refractivity contribution < 1.29 is 4.79 Å². The highest BCUT2D eigenvalue weighted by Gasteiger charge is 2.22. The van der Waals surface area contributed by atoms with E-state index < -0.39 is 0 Å². The number of thiophene rings is 1. The Kier molecular flexibility index (Phi) is 3.86. The van der Waals surface area contributed by atoms with Crippen LogP contribution in [0.2, 0.25) is 5.02 Å². The first kappa shape index (κ1) is 14.3. The molecule has 8 heteroatoms. The number of aromatic nitrogens is 3. The Labute approximate surface area is 130 Å². The van der Waals surface area contributed by atoms with Crippen molar-refractivity contribution in [2.24, 2.45) is 7.05 Å². The molecule has 1 aliphatic heterocycles. The van der Waals surface area contributed by atoms with E-state index in [-0.39, 0.29) is 17.6 Å². The van der Waals surface area contributed by atoms with Crippen molar-refractivity contribution >= 4 is 28.8 Å². The summed E-state index contributed by atoms with van der Waals surface area (Å²) in [5, 5.41) is 9.50. The van der Waals surface area contributed by atoms with Gasteiger partial charge < -0.3 is 5.32 Å². The maximum absolute atomic E-state index is 12.2. The highest BCUT2D eigenvalue weighted by molar-refractivity contribution is 7.12. The molecule has 3 rings (SSSR count). The number of aryl methyl sites for hydroxylation is 2. The van der Waals surface area contributed by atoms with Crippen LogP contribution >= 0.6 is 22.9 Å². The molecule has 0 spiro atoms. The van der Waals surface area contributed by atoms with E-state index in [1.165, 1.54) is 16.0 Å². The molecule has 6 nitrogen and oxygen atoms in total. The summed E-state index contributed by atoms with van der Waals surface area (Å²) < 4.78 is 3.05. The van der Waals surface area contributed by atoms with Crippen LogP contribution in [0.3, 0.4) is 0 Å². The van der Waals surface area contributed by atoms with Crippen molar-refractivity contribution in [2.45, 2.75) is 31.8 Å². The Morgan fingerprint density at radius 2 is 2.33 bits per heavy atom. The highest BCUT2D eigenvalue weighted by atomic mass is 35.5. The minimum Gasteiger partial charge on any atom is -0.348 e. The fourth-order valence-electron chi connectivity index (χ4n) is 2.55. The van der Waals surface area contributed by atoms with Crippen molar-refractivity contribution in [1.29, 1.82) is 0 Å². The zero-order chi connectivity index (χ0) is 15.0. The number of nitrogens with one attached hydrogen (secondary N) is 1. The van der Waals surface area contributed by atoms with E-state index in [0.717, 1.165) is 12.2 Å². The molecule has 1 unspecified atom stereocenters. The van der Waals surface area contributed by atoms with Crippen molar-refractivity contribution in [2.75, 3.05) is 0 Å². The number of hydrogen-bond donors (Lipinski definition) is 1. The molecule has 0 aromatic carbocycles. The van der Waals surface area contributed by atoms with E-state index in [4.69, 9.17) is 11.6 Å². The molecule has 1 amide bonds. The van der Waals surface area contributed by atoms with Crippen molar-refractivity contribution in [3.63, 3.8) is 0 Å². The van der Waals surface area contributed by atoms with E-state index in [1.54, 1.807) is 23.1 Å². The van der Waals surface area contributed by atoms with Gasteiger partial charge in [-0.15, -0.1) is 11.3 Å². The highest BCUT2D eigenvalue weighted by Crippen LogP contribution is 2.22. The van der Waals surface area contributed by atoms with Crippen LogP contribution < -0.4 is 11.0 Å². The third-order valence-electron chi connectivity index (χ3n) is 3.66. The molecule has 0 bridgehead atoms. The third-order valence-corrected chi connectivity index (χ3v) is 5.00. The summed E-state index contributed by atoms with van der Waals surface area (Å²) in [7, 11) is 1.65. The Hall–Kier alpha value is -1.60. The maximum Gasteiger partial charge on any atom is 0.345 e. The van der Waals surface area contributed by atoms with E-state index in [2.05, 4.69) is 10.4 Å². The number of halogens is 1. The first-order valence-electron chi connectivity index (χ1n) is 6.73. The zero-order valence-electron chi connectivity index (χ0n) is 11.5. The summed E-state index contributed by atoms with van der Waals surface area (Å²) in [6, 6.07) is 1.75. The van der Waals surface area contributed by atoms with Gasteiger partial charge in [0.25, 0.3) is 5.91 Å². The molecule has 0 fully saturated rings. The lowest BCUT2D eigenvalue weighted by atomic mass is 10.1. The number of carbonyl (C=O) groups excluding carboxylic acids is 1. The van der Waals surface area contributed by atoms with Gasteiger partial charge in [0, 0.05) is 26.1 Å². The van der Waals surface area contributed by atoms with Crippen LogP contribution in [-0.2, 0) is 20.0 Å². The molecule has 1 aliphatic rings. The Bertz CT molecular complexity index is 733. The first-order chi connectivity index (χ1) is 10.1. The van der Waals surface area contributed by atoms with Crippen molar-refractivity contribution in [3.8, 4) is 0 Å². The van der Waals surface area contributed by atoms with Gasteiger partial charge in [-0.1, -0.05) is 11.6 Å². The van der Waals surface area contributed by atoms with Gasteiger partial charge >= 0.3 is 5.69 Å². The fourth-order valence-corrected chi connectivity index (χ4v) is 3.59. The van der Waals surface area contributed by atoms with E-state index in [0.29, 0.717) is 29.3 Å². The predicted octanol–water partition coefficient (Wildman–Crippen LogP) is 1.43. The van der Waals surface area contributed by atoms with Crippen LogP contribution in [0.5, 0.6) is 0 Å². The van der Waals surface area contributed by atoms with Crippen molar-refractivity contribution in [3.05, 3.63) is 37.7 Å². The van der Waals surface area contributed by atoms with Gasteiger partial charge in [0.15, 0.2) is 0 Å². The second-order valence-corrected chi connectivity index (χ2v) is 6.39. The second-order valence-electron chi connectivity index (χ2n) is 5.07. The molecule has 3 heterocycles. The molecule has 1 atom stereocenters. The third kappa shape index (κ3) is 2.75. The molecule has 2 aromatic rings. The molecule has 2 aromatic heterocycles. The van der Waals surface area contributed by atoms with Crippen LogP contribution in [0.15, 0.2) is 16.2 Å². The molecule has 112 valence electrons. The number of hydrogen-bond acceptors (Lipinski definition) is 4. The topological polar surface area (TPSA) is 68.9 Å². The molecule has 0 saturated heterocycles. The smallest absolute Gasteiger partial charge is 0.345 e. The first-order valence-corrected chi connectivity index (χ1v) is 7.98. The quantitative estimate of drug-likeness (QED) is 0.907. The number of fused-ring (bicyclic) bond motifs is 1. The Balaban J connectivity index is 1.69. The minimum atomic E-state index is -0.146. The fraction of sp³-hybridized carbons (Fsp3) is 0.462. The van der Waals surface area contributed by atoms with E-state index in [9.17, 15) is 9.59 Å². The van der Waals surface area contributed by atoms with Gasteiger partial charge in [-0.05, 0) is 24.3 Å². The lowest BCUT2D eigenvalue weighted by Crippen LogP contribution is -2.35. The van der Waals surface area contributed by atoms with Crippen LogP contribution in [0.25, 0.3) is 0 Å². The molecule has 0 saturated carbocycles. The normalized spacial score (nSPS) is 18.1. The van der Waals surface area contributed by atoms with Gasteiger partial charge in [-0.3, -0.25) is 9.36 Å². The SMILES string of the molecule is Cn1nc2n(c1=O)CCC(NC(=O)c1sccc1Cl)CC2. The number of carbonyl (C=O) groups is 1. The van der Waals surface area contributed by atoms with Crippen LogP contribution in [0, 0.1) is 0 Å². The van der Waals surface area contributed by atoms with Crippen LogP contribution in [0.1, 0.15) is 28.3 Å². The maximum atomic E-state index is 12.2. The van der Waals surface area contributed by atoms with Crippen LogP contribution in [-0.4, -0.2) is 26.3 Å². The average Bonchev–Trinajstić information content (AvgIpc) is 2.92. The lowest BCUT2D eigenvalue weighted by molar-refractivity contribution is 0.0937. The second kappa shape index (κ2) is 5.65. The summed E-state index contributed by atoms with van der Waals surface area (Å²) in [4.78, 5) is 24.6. The minimum absolute atomic E-state index is 0.0297. The molecular weight excluding hydrogens is 312 g/mol. The molecular formula is C13H15ClN4O2S. The molecule has 0 aliphatic carbocycles. The summed E-state index contributed by atoms with van der Waals surface area (Å²) in [5.41, 5.74) is -0.0988. The van der Waals surface area contributed by atoms with Gasteiger partial charge in [0.05, 0.1) is 5.02 Å². The predicted molar refractivity (Wildman–Crippen MR) is 81.0 cm³/mol. The Morgan fingerprint density at radius 1 is 1.52 bits per heavy atom. The summed E-state index contributed by atoms with van der Waals surface area (Å²) in [5.74, 6) is 0.640. The molecule has 1 N–H and O–H groups in total. The van der Waals surface area contributed by atoms with Gasteiger partial charge in [-0.2, -0.15) is 5.10 Å². The number of rotatable bonds is 2. The Morgan fingerprint density at radius 3 is 3.05 bits per heavy atom. The van der Waals surface area contributed by atoms with Crippen molar-refractivity contribution in [1.82, 2.24) is 19.7 Å². The average molecular weight is 327 g/mol. The van der Waals surface area contributed by atoms with Crippen LogP contribution in [0.4, 0.5) is 0 Å². The molecule has 0 radical (unpaired) electrons. The summed E-state index contributed by atoms with van der Waals surface area (Å²) in [6.07, 6.45) is 2.16. The molecule has 21 heavy (non-hydrogen) atoms. The van der Waals surface area contributed by atoms with Gasteiger partial charge in [0.2, 0.25) is 0 Å². The van der Waals surface area contributed by atoms with E-state index >= 15 is 0 Å². The largest absolute Gasteiger partial charge is 0.348 e. The number of amides is 1. The lowest BCUT2D eigenvalue weighted by Gasteiger charge is -2.15. The summed E-state index contributed by atoms with van der Waals surface area (Å²) in [6.45, 7) is 0.575. The van der Waals surface area contributed by atoms with E-state index in [1.807, 2.05) is 0 Å². The van der Waals surface area contributed by atoms with Gasteiger partial charge in [-0.25, -0.2) is 9.48 Å². The monoisotopic (exact) mass is 326 g/mol.